The number of amides is 2. The molecule has 1 aromatic carbocycles. The summed E-state index contributed by atoms with van der Waals surface area (Å²) in [5.74, 6) is 0.735. The molecular formula is C15H24N2O3. The Hall–Kier alpha value is -1.75. The molecule has 0 heterocycles. The molecule has 0 aliphatic rings. The molecule has 2 N–H and O–H groups in total. The molecule has 2 amide bonds. The standard InChI is InChI=1S/C15H24N2O3/c1-15(2,3)13(10-18)17(4)14(19)16-11-6-8-12(20-5)9-7-11/h6-9,13,18H,10H2,1-5H3,(H,16,19). The number of aliphatic hydroxyl groups is 1. The van der Waals surface area contributed by atoms with Crippen molar-refractivity contribution in [1.29, 1.82) is 0 Å². The predicted octanol–water partition coefficient (Wildman–Crippen LogP) is 2.57. The Bertz CT molecular complexity index is 437. The third-order valence-electron chi connectivity index (χ3n) is 3.30. The summed E-state index contributed by atoms with van der Waals surface area (Å²) in [4.78, 5) is 13.7. The van der Waals surface area contributed by atoms with Gasteiger partial charge < -0.3 is 20.1 Å². The van der Waals surface area contributed by atoms with Crippen molar-refractivity contribution in [2.75, 3.05) is 26.1 Å². The molecule has 1 unspecified atom stereocenters. The minimum Gasteiger partial charge on any atom is -0.497 e. The van der Waals surface area contributed by atoms with E-state index in [0.29, 0.717) is 5.69 Å². The van der Waals surface area contributed by atoms with Crippen LogP contribution in [0.1, 0.15) is 20.8 Å². The zero-order valence-corrected chi connectivity index (χ0v) is 12.8. The van der Waals surface area contributed by atoms with Crippen LogP contribution in [-0.2, 0) is 0 Å². The number of anilines is 1. The number of methoxy groups -OCH3 is 1. The van der Waals surface area contributed by atoms with E-state index in [1.54, 1.807) is 38.4 Å². The van der Waals surface area contributed by atoms with Crippen LogP contribution < -0.4 is 10.1 Å². The summed E-state index contributed by atoms with van der Waals surface area (Å²) in [7, 11) is 3.28. The molecule has 5 heteroatoms. The fourth-order valence-corrected chi connectivity index (χ4v) is 2.00. The second-order valence-electron chi connectivity index (χ2n) is 5.83. The van der Waals surface area contributed by atoms with Gasteiger partial charge in [0.25, 0.3) is 0 Å². The maximum Gasteiger partial charge on any atom is 0.321 e. The summed E-state index contributed by atoms with van der Waals surface area (Å²) in [6.45, 7) is 5.90. The van der Waals surface area contributed by atoms with Gasteiger partial charge in [0.2, 0.25) is 0 Å². The number of carbonyl (C=O) groups is 1. The van der Waals surface area contributed by atoms with Gasteiger partial charge in [-0.3, -0.25) is 0 Å². The second-order valence-corrected chi connectivity index (χ2v) is 5.83. The van der Waals surface area contributed by atoms with Crippen molar-refractivity contribution < 1.29 is 14.6 Å². The highest BCUT2D eigenvalue weighted by Crippen LogP contribution is 2.24. The summed E-state index contributed by atoms with van der Waals surface area (Å²) in [5, 5.41) is 12.3. The first kappa shape index (κ1) is 16.3. The molecule has 1 rings (SSSR count). The third kappa shape index (κ3) is 4.13. The van der Waals surface area contributed by atoms with Crippen LogP contribution in [0, 0.1) is 5.41 Å². The number of aliphatic hydroxyl groups excluding tert-OH is 1. The van der Waals surface area contributed by atoms with Gasteiger partial charge in [-0.15, -0.1) is 0 Å². The Balaban J connectivity index is 2.73. The topological polar surface area (TPSA) is 61.8 Å². The average molecular weight is 280 g/mol. The maximum absolute atomic E-state index is 12.2. The van der Waals surface area contributed by atoms with Crippen LogP contribution in [0.5, 0.6) is 5.75 Å². The molecule has 0 aliphatic carbocycles. The number of nitrogens with zero attached hydrogens (tertiary/aromatic N) is 1. The minimum absolute atomic E-state index is 0.0734. The first-order valence-corrected chi connectivity index (χ1v) is 6.58. The van der Waals surface area contributed by atoms with Gasteiger partial charge in [-0.2, -0.15) is 0 Å². The smallest absolute Gasteiger partial charge is 0.321 e. The van der Waals surface area contributed by atoms with E-state index in [0.717, 1.165) is 5.75 Å². The van der Waals surface area contributed by atoms with Crippen LogP contribution in [0.3, 0.4) is 0 Å². The number of benzene rings is 1. The van der Waals surface area contributed by atoms with E-state index < -0.39 is 0 Å². The van der Waals surface area contributed by atoms with Gasteiger partial charge in [-0.1, -0.05) is 20.8 Å². The Kier molecular flexibility index (Phi) is 5.39. The van der Waals surface area contributed by atoms with Crippen LogP contribution in [0.15, 0.2) is 24.3 Å². The number of likely N-dealkylation sites (N-methyl/N-ethyl adjacent to an activating group) is 1. The van der Waals surface area contributed by atoms with E-state index >= 15 is 0 Å². The first-order valence-electron chi connectivity index (χ1n) is 6.58. The van der Waals surface area contributed by atoms with Gasteiger partial charge in [0, 0.05) is 12.7 Å². The number of ether oxygens (including phenoxy) is 1. The monoisotopic (exact) mass is 280 g/mol. The summed E-state index contributed by atoms with van der Waals surface area (Å²) < 4.78 is 5.07. The van der Waals surface area contributed by atoms with Crippen molar-refractivity contribution in [2.45, 2.75) is 26.8 Å². The van der Waals surface area contributed by atoms with Crippen molar-refractivity contribution >= 4 is 11.7 Å². The van der Waals surface area contributed by atoms with Gasteiger partial charge in [0.15, 0.2) is 0 Å². The Morgan fingerprint density at radius 3 is 2.30 bits per heavy atom. The van der Waals surface area contributed by atoms with E-state index in [-0.39, 0.29) is 24.1 Å². The Labute approximate surface area is 120 Å². The van der Waals surface area contributed by atoms with E-state index in [4.69, 9.17) is 4.74 Å². The molecule has 0 spiro atoms. The molecule has 5 nitrogen and oxygen atoms in total. The third-order valence-corrected chi connectivity index (χ3v) is 3.30. The van der Waals surface area contributed by atoms with Gasteiger partial charge in [-0.25, -0.2) is 4.79 Å². The highest BCUT2D eigenvalue weighted by atomic mass is 16.5. The number of urea groups is 1. The lowest BCUT2D eigenvalue weighted by Gasteiger charge is -2.36. The molecule has 1 aromatic rings. The number of hydrogen-bond donors (Lipinski definition) is 2. The van der Waals surface area contributed by atoms with E-state index in [9.17, 15) is 9.90 Å². The molecule has 0 aliphatic heterocycles. The normalized spacial score (nSPS) is 12.7. The quantitative estimate of drug-likeness (QED) is 0.891. The van der Waals surface area contributed by atoms with Gasteiger partial charge in [-0.05, 0) is 29.7 Å². The lowest BCUT2D eigenvalue weighted by molar-refractivity contribution is 0.0886. The van der Waals surface area contributed by atoms with Crippen molar-refractivity contribution in [3.63, 3.8) is 0 Å². The van der Waals surface area contributed by atoms with Crippen LogP contribution in [0.2, 0.25) is 0 Å². The maximum atomic E-state index is 12.2. The molecule has 0 saturated heterocycles. The summed E-state index contributed by atoms with van der Waals surface area (Å²) in [6, 6.07) is 6.61. The zero-order valence-electron chi connectivity index (χ0n) is 12.8. The predicted molar refractivity (Wildman–Crippen MR) is 80.1 cm³/mol. The number of hydrogen-bond acceptors (Lipinski definition) is 3. The summed E-state index contributed by atoms with van der Waals surface area (Å²) in [5.41, 5.74) is 0.494. The Morgan fingerprint density at radius 1 is 1.35 bits per heavy atom. The van der Waals surface area contributed by atoms with Crippen LogP contribution in [0.4, 0.5) is 10.5 Å². The van der Waals surface area contributed by atoms with Crippen molar-refractivity contribution in [3.8, 4) is 5.75 Å². The van der Waals surface area contributed by atoms with Crippen LogP contribution in [-0.4, -0.2) is 42.8 Å². The second kappa shape index (κ2) is 6.61. The summed E-state index contributed by atoms with van der Waals surface area (Å²) >= 11 is 0. The molecule has 20 heavy (non-hydrogen) atoms. The highest BCUT2D eigenvalue weighted by molar-refractivity contribution is 5.89. The number of rotatable bonds is 4. The molecule has 0 saturated carbocycles. The van der Waals surface area contributed by atoms with Crippen LogP contribution in [0.25, 0.3) is 0 Å². The fraction of sp³-hybridized carbons (Fsp3) is 0.533. The van der Waals surface area contributed by atoms with E-state index in [1.807, 2.05) is 20.8 Å². The van der Waals surface area contributed by atoms with Crippen molar-refractivity contribution in [1.82, 2.24) is 4.90 Å². The van der Waals surface area contributed by atoms with E-state index in [2.05, 4.69) is 5.32 Å². The molecule has 0 radical (unpaired) electrons. The number of nitrogens with one attached hydrogen (secondary N) is 1. The zero-order chi connectivity index (χ0) is 15.3. The van der Waals surface area contributed by atoms with Gasteiger partial charge >= 0.3 is 6.03 Å². The highest BCUT2D eigenvalue weighted by Gasteiger charge is 2.30. The average Bonchev–Trinajstić information content (AvgIpc) is 2.38. The van der Waals surface area contributed by atoms with Gasteiger partial charge in [0.05, 0.1) is 19.8 Å². The lowest BCUT2D eigenvalue weighted by atomic mass is 9.86. The lowest BCUT2D eigenvalue weighted by Crippen LogP contribution is -2.48. The molecule has 0 bridgehead atoms. The van der Waals surface area contributed by atoms with Crippen molar-refractivity contribution in [2.24, 2.45) is 5.41 Å². The first-order chi connectivity index (χ1) is 9.29. The largest absolute Gasteiger partial charge is 0.497 e. The van der Waals surface area contributed by atoms with Gasteiger partial charge in [0.1, 0.15) is 5.75 Å². The van der Waals surface area contributed by atoms with Crippen molar-refractivity contribution in [3.05, 3.63) is 24.3 Å². The van der Waals surface area contributed by atoms with Crippen LogP contribution >= 0.6 is 0 Å². The van der Waals surface area contributed by atoms with E-state index in [1.165, 1.54) is 4.90 Å². The summed E-state index contributed by atoms with van der Waals surface area (Å²) in [6.07, 6.45) is 0. The molecule has 112 valence electrons. The number of carbonyl (C=O) groups excluding carboxylic acids is 1. The molecule has 1 atom stereocenters. The minimum atomic E-state index is -0.249. The molecule has 0 aromatic heterocycles. The fourth-order valence-electron chi connectivity index (χ4n) is 2.00. The molecular weight excluding hydrogens is 256 g/mol. The SMILES string of the molecule is COc1ccc(NC(=O)N(C)C(CO)C(C)(C)C)cc1. The molecule has 0 fully saturated rings. The Morgan fingerprint density at radius 2 is 1.90 bits per heavy atom.